The molecule has 0 spiro atoms. The minimum atomic E-state index is -0.264. The van der Waals surface area contributed by atoms with Gasteiger partial charge >= 0.3 is 5.97 Å². The minimum Gasteiger partial charge on any atom is -0.468 e. The van der Waals surface area contributed by atoms with Crippen molar-refractivity contribution in [2.24, 2.45) is 0 Å². The van der Waals surface area contributed by atoms with Crippen LogP contribution in [0.1, 0.15) is 17.8 Å². The standard InChI is InChI=1S/C9H12ClNO2S/c1-6(11-5-9(12)13-2)7-3-4-8(10)14-7/h3-4,6,11H,5H2,1-2H3. The maximum Gasteiger partial charge on any atom is 0.319 e. The van der Waals surface area contributed by atoms with Crippen LogP contribution in [0.5, 0.6) is 0 Å². The van der Waals surface area contributed by atoms with E-state index in [1.165, 1.54) is 18.4 Å². The molecule has 1 aromatic heterocycles. The van der Waals surface area contributed by atoms with Gasteiger partial charge in [0.25, 0.3) is 0 Å². The third kappa shape index (κ3) is 3.29. The summed E-state index contributed by atoms with van der Waals surface area (Å²) in [6.07, 6.45) is 0. The number of carbonyl (C=O) groups excluding carboxylic acids is 1. The monoisotopic (exact) mass is 233 g/mol. The lowest BCUT2D eigenvalue weighted by atomic mass is 10.3. The number of halogens is 1. The molecule has 1 N–H and O–H groups in total. The summed E-state index contributed by atoms with van der Waals surface area (Å²) in [5.41, 5.74) is 0. The number of thiophene rings is 1. The zero-order valence-electron chi connectivity index (χ0n) is 8.04. The second kappa shape index (κ2) is 5.34. The van der Waals surface area contributed by atoms with Gasteiger partial charge in [-0.25, -0.2) is 0 Å². The van der Waals surface area contributed by atoms with Crippen molar-refractivity contribution < 1.29 is 9.53 Å². The van der Waals surface area contributed by atoms with E-state index in [0.717, 1.165) is 9.21 Å². The van der Waals surface area contributed by atoms with E-state index >= 15 is 0 Å². The molecule has 0 aliphatic heterocycles. The van der Waals surface area contributed by atoms with Crippen LogP contribution >= 0.6 is 22.9 Å². The van der Waals surface area contributed by atoms with Crippen molar-refractivity contribution in [1.29, 1.82) is 0 Å². The molecule has 0 saturated heterocycles. The molecule has 3 nitrogen and oxygen atoms in total. The summed E-state index contributed by atoms with van der Waals surface area (Å²) < 4.78 is 5.27. The van der Waals surface area contributed by atoms with Crippen molar-refractivity contribution >= 4 is 28.9 Å². The highest BCUT2D eigenvalue weighted by atomic mass is 35.5. The number of methoxy groups -OCH3 is 1. The molecule has 0 saturated carbocycles. The van der Waals surface area contributed by atoms with Crippen LogP contribution in [0.15, 0.2) is 12.1 Å². The number of hydrogen-bond donors (Lipinski definition) is 1. The Bertz CT molecular complexity index is 314. The van der Waals surface area contributed by atoms with E-state index in [-0.39, 0.29) is 18.6 Å². The van der Waals surface area contributed by atoms with Crippen molar-refractivity contribution in [3.8, 4) is 0 Å². The van der Waals surface area contributed by atoms with Gasteiger partial charge in [0.1, 0.15) is 0 Å². The maximum atomic E-state index is 10.8. The molecule has 0 bridgehead atoms. The van der Waals surface area contributed by atoms with E-state index in [2.05, 4.69) is 10.1 Å². The first-order chi connectivity index (χ1) is 6.63. The Morgan fingerprint density at radius 1 is 1.71 bits per heavy atom. The Morgan fingerprint density at radius 2 is 2.43 bits per heavy atom. The second-order valence-corrected chi connectivity index (χ2v) is 4.57. The smallest absolute Gasteiger partial charge is 0.319 e. The highest BCUT2D eigenvalue weighted by Gasteiger charge is 2.09. The summed E-state index contributed by atoms with van der Waals surface area (Å²) >= 11 is 7.30. The third-order valence-electron chi connectivity index (χ3n) is 1.80. The molecule has 1 aromatic rings. The van der Waals surface area contributed by atoms with Gasteiger partial charge in [0.15, 0.2) is 0 Å². The lowest BCUT2D eigenvalue weighted by Gasteiger charge is -2.10. The van der Waals surface area contributed by atoms with E-state index in [0.29, 0.717) is 0 Å². The highest BCUT2D eigenvalue weighted by molar-refractivity contribution is 7.16. The summed E-state index contributed by atoms with van der Waals surface area (Å²) in [7, 11) is 1.37. The zero-order valence-corrected chi connectivity index (χ0v) is 9.61. The zero-order chi connectivity index (χ0) is 10.6. The van der Waals surface area contributed by atoms with Crippen molar-refractivity contribution in [1.82, 2.24) is 5.32 Å². The lowest BCUT2D eigenvalue weighted by Crippen LogP contribution is -2.26. The number of nitrogens with one attached hydrogen (secondary N) is 1. The summed E-state index contributed by atoms with van der Waals surface area (Å²) in [6.45, 7) is 2.19. The normalized spacial score (nSPS) is 12.5. The molecule has 0 fully saturated rings. The average Bonchev–Trinajstić information content (AvgIpc) is 2.60. The Hall–Kier alpha value is -0.580. The van der Waals surface area contributed by atoms with Gasteiger partial charge in [-0.2, -0.15) is 0 Å². The fraction of sp³-hybridized carbons (Fsp3) is 0.444. The van der Waals surface area contributed by atoms with Gasteiger partial charge in [-0.15, -0.1) is 11.3 Å². The number of hydrogen-bond acceptors (Lipinski definition) is 4. The molecule has 1 heterocycles. The molecule has 14 heavy (non-hydrogen) atoms. The fourth-order valence-electron chi connectivity index (χ4n) is 0.970. The van der Waals surface area contributed by atoms with Gasteiger partial charge in [-0.3, -0.25) is 10.1 Å². The van der Waals surface area contributed by atoms with Gasteiger partial charge in [0.2, 0.25) is 0 Å². The van der Waals surface area contributed by atoms with Gasteiger partial charge in [0.05, 0.1) is 18.0 Å². The van der Waals surface area contributed by atoms with E-state index in [1.807, 2.05) is 19.1 Å². The topological polar surface area (TPSA) is 38.3 Å². The van der Waals surface area contributed by atoms with Gasteiger partial charge in [-0.05, 0) is 19.1 Å². The SMILES string of the molecule is COC(=O)CNC(C)c1ccc(Cl)s1. The first kappa shape index (κ1) is 11.5. The number of carbonyl (C=O) groups is 1. The third-order valence-corrected chi connectivity index (χ3v) is 3.21. The van der Waals surface area contributed by atoms with Crippen LogP contribution in [0.2, 0.25) is 4.34 Å². The second-order valence-electron chi connectivity index (χ2n) is 2.82. The van der Waals surface area contributed by atoms with Crippen LogP contribution in [0, 0.1) is 0 Å². The molecule has 1 unspecified atom stereocenters. The highest BCUT2D eigenvalue weighted by Crippen LogP contribution is 2.26. The van der Waals surface area contributed by atoms with Crippen LogP contribution in [0.25, 0.3) is 0 Å². The summed E-state index contributed by atoms with van der Waals surface area (Å²) in [4.78, 5) is 12.0. The minimum absolute atomic E-state index is 0.117. The Balaban J connectivity index is 2.42. The van der Waals surface area contributed by atoms with Crippen LogP contribution in [0.4, 0.5) is 0 Å². The van der Waals surface area contributed by atoms with Crippen LogP contribution < -0.4 is 5.32 Å². The first-order valence-corrected chi connectivity index (χ1v) is 5.38. The van der Waals surface area contributed by atoms with E-state index in [9.17, 15) is 4.79 Å². The first-order valence-electron chi connectivity index (χ1n) is 4.19. The van der Waals surface area contributed by atoms with E-state index in [1.54, 1.807) is 0 Å². The van der Waals surface area contributed by atoms with Crippen molar-refractivity contribution in [3.63, 3.8) is 0 Å². The Morgan fingerprint density at radius 3 is 2.93 bits per heavy atom. The van der Waals surface area contributed by atoms with Crippen LogP contribution in [-0.4, -0.2) is 19.6 Å². The Kier molecular flexibility index (Phi) is 4.38. The summed E-state index contributed by atoms with van der Waals surface area (Å²) in [6, 6.07) is 3.91. The van der Waals surface area contributed by atoms with Crippen LogP contribution in [-0.2, 0) is 9.53 Å². The fourth-order valence-corrected chi connectivity index (χ4v) is 2.06. The lowest BCUT2D eigenvalue weighted by molar-refractivity contribution is -0.139. The molecule has 1 rings (SSSR count). The average molecular weight is 234 g/mol. The molecule has 0 amide bonds. The van der Waals surface area contributed by atoms with Gasteiger partial charge < -0.3 is 4.74 Å². The molecular formula is C9H12ClNO2S. The van der Waals surface area contributed by atoms with Gasteiger partial charge in [0, 0.05) is 10.9 Å². The maximum absolute atomic E-state index is 10.8. The predicted octanol–water partition coefficient (Wildman–Crippen LogP) is 2.23. The molecule has 0 aliphatic rings. The van der Waals surface area contributed by atoms with E-state index < -0.39 is 0 Å². The molecule has 5 heteroatoms. The number of rotatable bonds is 4. The molecule has 0 radical (unpaired) electrons. The summed E-state index contributed by atoms with van der Waals surface area (Å²) in [5.74, 6) is -0.264. The van der Waals surface area contributed by atoms with Crippen LogP contribution in [0.3, 0.4) is 0 Å². The largest absolute Gasteiger partial charge is 0.468 e. The Labute approximate surface area is 92.0 Å². The van der Waals surface area contributed by atoms with Gasteiger partial charge in [-0.1, -0.05) is 11.6 Å². The number of ether oxygens (including phenoxy) is 1. The van der Waals surface area contributed by atoms with E-state index in [4.69, 9.17) is 11.6 Å². The predicted molar refractivity (Wildman–Crippen MR) is 57.8 cm³/mol. The molecule has 0 aliphatic carbocycles. The quantitative estimate of drug-likeness (QED) is 0.811. The van der Waals surface area contributed by atoms with Crippen molar-refractivity contribution in [2.75, 3.05) is 13.7 Å². The molecule has 78 valence electrons. The summed E-state index contributed by atoms with van der Waals surface area (Å²) in [5, 5.41) is 3.04. The van der Waals surface area contributed by atoms with Crippen molar-refractivity contribution in [2.45, 2.75) is 13.0 Å². The molecule has 1 atom stereocenters. The number of esters is 1. The van der Waals surface area contributed by atoms with Crippen molar-refractivity contribution in [3.05, 3.63) is 21.3 Å². The molecular weight excluding hydrogens is 222 g/mol. The molecule has 0 aromatic carbocycles.